The van der Waals surface area contributed by atoms with E-state index < -0.39 is 28.7 Å². The lowest BCUT2D eigenvalue weighted by Gasteiger charge is -2.16. The van der Waals surface area contributed by atoms with Gasteiger partial charge in [0.2, 0.25) is 0 Å². The number of rotatable bonds is 7. The number of nitrogens with zero attached hydrogens (tertiary/aromatic N) is 4. The van der Waals surface area contributed by atoms with Crippen LogP contribution in [-0.2, 0) is 19.1 Å². The van der Waals surface area contributed by atoms with Gasteiger partial charge in [-0.15, -0.1) is 0 Å². The first-order valence-corrected chi connectivity index (χ1v) is 13.9. The van der Waals surface area contributed by atoms with Crippen molar-refractivity contribution in [3.8, 4) is 0 Å². The van der Waals surface area contributed by atoms with Crippen LogP contribution in [0.1, 0.15) is 40.1 Å². The maximum absolute atomic E-state index is 14.0. The van der Waals surface area contributed by atoms with E-state index >= 15 is 0 Å². The number of carbonyl (C=O) groups excluding carboxylic acids is 4. The molecule has 0 atom stereocenters. The predicted molar refractivity (Wildman–Crippen MR) is 160 cm³/mol. The molecule has 2 heterocycles. The second-order valence-electron chi connectivity index (χ2n) is 9.20. The number of hydrogen-bond acceptors (Lipinski definition) is 10. The van der Waals surface area contributed by atoms with Gasteiger partial charge in [0.05, 0.1) is 56.8 Å². The van der Waals surface area contributed by atoms with Crippen LogP contribution in [0.4, 0.5) is 22.7 Å². The number of carbonyl (C=O) groups is 4. The molecule has 0 spiro atoms. The molecule has 2 amide bonds. The maximum Gasteiger partial charge on any atom is 0.338 e. The lowest BCUT2D eigenvalue weighted by molar-refractivity contribution is -0.384. The summed E-state index contributed by atoms with van der Waals surface area (Å²) in [6.07, 6.45) is 0. The lowest BCUT2D eigenvalue weighted by Crippen LogP contribution is -2.29. The number of thioether (sulfide) groups is 1. The van der Waals surface area contributed by atoms with E-state index in [9.17, 15) is 29.3 Å². The van der Waals surface area contributed by atoms with Crippen molar-refractivity contribution in [3.63, 3.8) is 0 Å². The Labute approximate surface area is 249 Å². The fourth-order valence-electron chi connectivity index (χ4n) is 4.53. The zero-order valence-corrected chi connectivity index (χ0v) is 24.0. The van der Waals surface area contributed by atoms with Gasteiger partial charge in [0, 0.05) is 24.7 Å². The predicted octanol–water partition coefficient (Wildman–Crippen LogP) is 5.10. The number of non-ortho nitro benzene ring substituents is 1. The number of nitro benzene ring substituents is 1. The van der Waals surface area contributed by atoms with Crippen molar-refractivity contribution in [1.82, 2.24) is 0 Å². The van der Waals surface area contributed by atoms with E-state index in [0.717, 1.165) is 11.8 Å². The quantitative estimate of drug-likeness (QED) is 0.156. The van der Waals surface area contributed by atoms with E-state index in [1.807, 2.05) is 0 Å². The molecule has 0 N–H and O–H groups in total. The molecule has 2 aliphatic heterocycles. The number of ether oxygens (including phenoxy) is 2. The van der Waals surface area contributed by atoms with Gasteiger partial charge in [-0.1, -0.05) is 0 Å². The molecule has 0 radical (unpaired) electrons. The molecule has 0 saturated carbocycles. The number of benzene rings is 3. The zero-order valence-electron chi connectivity index (χ0n) is 23.2. The number of nitro groups is 1. The second kappa shape index (κ2) is 11.9. The monoisotopic (exact) mass is 600 g/mol. The highest BCUT2D eigenvalue weighted by atomic mass is 32.2. The summed E-state index contributed by atoms with van der Waals surface area (Å²) in [5, 5.41) is 11.7. The van der Waals surface area contributed by atoms with Gasteiger partial charge >= 0.3 is 11.9 Å². The van der Waals surface area contributed by atoms with Gasteiger partial charge in [0.1, 0.15) is 0 Å². The highest BCUT2D eigenvalue weighted by Gasteiger charge is 2.43. The van der Waals surface area contributed by atoms with Crippen LogP contribution < -0.4 is 9.80 Å². The first-order valence-electron chi connectivity index (χ1n) is 13.1. The Kier molecular flexibility index (Phi) is 8.08. The Morgan fingerprint density at radius 2 is 1.47 bits per heavy atom. The molecule has 2 aliphatic rings. The average Bonchev–Trinajstić information content (AvgIpc) is 3.44. The summed E-state index contributed by atoms with van der Waals surface area (Å²) in [4.78, 5) is 69.9. The van der Waals surface area contributed by atoms with E-state index in [1.54, 1.807) is 50.2 Å². The molecule has 5 rings (SSSR count). The third-order valence-corrected chi connectivity index (χ3v) is 7.63. The summed E-state index contributed by atoms with van der Waals surface area (Å²) in [5.41, 5.74) is 1.87. The third-order valence-electron chi connectivity index (χ3n) is 6.59. The van der Waals surface area contributed by atoms with Gasteiger partial charge in [-0.2, -0.15) is 0 Å². The molecular weight excluding hydrogens is 576 g/mol. The van der Waals surface area contributed by atoms with Gasteiger partial charge in [0.25, 0.3) is 17.5 Å². The minimum Gasteiger partial charge on any atom is -0.462 e. The minimum absolute atomic E-state index is 0.0206. The Bertz CT molecular complexity index is 1730. The molecule has 0 aliphatic carbocycles. The highest BCUT2D eigenvalue weighted by molar-refractivity contribution is 8.19. The van der Waals surface area contributed by atoms with E-state index in [4.69, 9.17) is 9.47 Å². The SMILES string of the molecule is CCOC(=O)c1ccc(N=C2S/C(=C3\C(=O)N(C)c4ccc([N+](=O)[O-])cc43)C(=O)N2c2ccc(C(=O)OCC)cc2)cc1. The smallest absolute Gasteiger partial charge is 0.338 e. The summed E-state index contributed by atoms with van der Waals surface area (Å²) >= 11 is 0.940. The van der Waals surface area contributed by atoms with Crippen molar-refractivity contribution in [2.45, 2.75) is 13.8 Å². The molecule has 1 fully saturated rings. The third kappa shape index (κ3) is 5.49. The summed E-state index contributed by atoms with van der Waals surface area (Å²) < 4.78 is 10.1. The molecule has 0 bridgehead atoms. The van der Waals surface area contributed by atoms with Crippen LogP contribution in [0.25, 0.3) is 5.57 Å². The molecule has 218 valence electrons. The molecule has 0 unspecified atom stereocenters. The normalized spacial score (nSPS) is 17.0. The molecule has 13 heteroatoms. The van der Waals surface area contributed by atoms with Crippen LogP contribution in [-0.4, -0.2) is 54.1 Å². The van der Waals surface area contributed by atoms with Crippen molar-refractivity contribution < 1.29 is 33.6 Å². The van der Waals surface area contributed by atoms with Crippen LogP contribution in [0.3, 0.4) is 0 Å². The van der Waals surface area contributed by atoms with E-state index in [1.165, 1.54) is 47.2 Å². The van der Waals surface area contributed by atoms with Crippen LogP contribution >= 0.6 is 11.8 Å². The average molecular weight is 601 g/mol. The summed E-state index contributed by atoms with van der Waals surface area (Å²) in [7, 11) is 1.52. The Balaban J connectivity index is 1.62. The van der Waals surface area contributed by atoms with E-state index in [0.29, 0.717) is 22.6 Å². The molecule has 3 aromatic rings. The standard InChI is InChI=1S/C30H24N4O8S/c1-4-41-28(37)17-6-10-19(11-7-17)31-30-33(20-12-8-18(9-13-20)29(38)42-5-2)27(36)25(43-30)24-22-16-21(34(39)40)14-15-23(22)32(3)26(24)35/h6-16H,4-5H2,1-3H3/b25-24-,31-30?. The molecule has 0 aromatic heterocycles. The van der Waals surface area contributed by atoms with Crippen molar-refractivity contribution >= 4 is 69.0 Å². The number of aliphatic imine (C=N–C) groups is 1. The Morgan fingerprint density at radius 3 is 2.02 bits per heavy atom. The second-order valence-corrected chi connectivity index (χ2v) is 10.2. The van der Waals surface area contributed by atoms with Crippen molar-refractivity contribution in [3.05, 3.63) is 98.4 Å². The van der Waals surface area contributed by atoms with E-state index in [2.05, 4.69) is 4.99 Å². The van der Waals surface area contributed by atoms with E-state index in [-0.39, 0.29) is 45.7 Å². The van der Waals surface area contributed by atoms with Gasteiger partial charge in [0.15, 0.2) is 5.17 Å². The minimum atomic E-state index is -0.577. The number of hydrogen-bond donors (Lipinski definition) is 0. The summed E-state index contributed by atoms with van der Waals surface area (Å²) in [6, 6.07) is 16.4. The maximum atomic E-state index is 14.0. The van der Waals surface area contributed by atoms with Gasteiger partial charge in [-0.3, -0.25) is 24.6 Å². The van der Waals surface area contributed by atoms with Gasteiger partial charge in [-0.25, -0.2) is 14.6 Å². The number of fused-ring (bicyclic) bond motifs is 1. The van der Waals surface area contributed by atoms with Gasteiger partial charge in [-0.05, 0) is 80.2 Å². The summed E-state index contributed by atoms with van der Waals surface area (Å²) in [6.45, 7) is 3.82. The molecule has 12 nitrogen and oxygen atoms in total. The number of amides is 2. The number of anilines is 2. The van der Waals surface area contributed by atoms with Crippen LogP contribution in [0, 0.1) is 10.1 Å². The fraction of sp³-hybridized carbons (Fsp3) is 0.167. The molecule has 1 saturated heterocycles. The molecule has 3 aromatic carbocycles. The molecular formula is C30H24N4O8S. The van der Waals surface area contributed by atoms with Gasteiger partial charge < -0.3 is 14.4 Å². The van der Waals surface area contributed by atoms with Crippen LogP contribution in [0.2, 0.25) is 0 Å². The largest absolute Gasteiger partial charge is 0.462 e. The number of likely N-dealkylation sites (N-methyl/N-ethyl adjacent to an activating group) is 1. The fourth-order valence-corrected chi connectivity index (χ4v) is 5.62. The Hall–Kier alpha value is -5.30. The first kappa shape index (κ1) is 29.2. The van der Waals surface area contributed by atoms with Crippen molar-refractivity contribution in [2.24, 2.45) is 4.99 Å². The lowest BCUT2D eigenvalue weighted by atomic mass is 10.1. The van der Waals surface area contributed by atoms with Crippen molar-refractivity contribution in [2.75, 3.05) is 30.1 Å². The highest BCUT2D eigenvalue weighted by Crippen LogP contribution is 2.46. The molecule has 43 heavy (non-hydrogen) atoms. The van der Waals surface area contributed by atoms with Crippen LogP contribution in [0.5, 0.6) is 0 Å². The zero-order chi connectivity index (χ0) is 30.8. The topological polar surface area (TPSA) is 149 Å². The Morgan fingerprint density at radius 1 is 0.884 bits per heavy atom. The number of esters is 2. The summed E-state index contributed by atoms with van der Waals surface area (Å²) in [5.74, 6) is -2.08. The first-order chi connectivity index (χ1) is 20.6. The number of amidine groups is 1. The van der Waals surface area contributed by atoms with Crippen molar-refractivity contribution in [1.29, 1.82) is 0 Å². The van der Waals surface area contributed by atoms with Crippen LogP contribution in [0.15, 0.2) is 76.6 Å².